The molecule has 0 spiro atoms. The molecule has 104 valence electrons. The molecule has 1 amide bonds. The molecule has 1 aromatic rings. The molecule has 6 nitrogen and oxygen atoms in total. The molecule has 0 fully saturated rings. The highest BCUT2D eigenvalue weighted by Gasteiger charge is 2.15. The molecule has 0 aliphatic heterocycles. The van der Waals surface area contributed by atoms with Crippen LogP contribution in [0.3, 0.4) is 0 Å². The highest BCUT2D eigenvalue weighted by molar-refractivity contribution is 9.10. The van der Waals surface area contributed by atoms with Crippen LogP contribution in [0.2, 0.25) is 0 Å². The number of carbonyl (C=O) groups excluding carboxylic acids is 1. The van der Waals surface area contributed by atoms with Crippen LogP contribution < -0.4 is 5.32 Å². The van der Waals surface area contributed by atoms with Crippen molar-refractivity contribution in [2.24, 2.45) is 0 Å². The van der Waals surface area contributed by atoms with Crippen LogP contribution in [0.15, 0.2) is 22.7 Å². The Hall–Kier alpha value is -1.47. The van der Waals surface area contributed by atoms with Gasteiger partial charge in [-0.3, -0.25) is 14.9 Å². The van der Waals surface area contributed by atoms with E-state index in [9.17, 15) is 14.9 Å². The summed E-state index contributed by atoms with van der Waals surface area (Å²) in [5.41, 5.74) is 0.775. The number of nitrogens with one attached hydrogen (secondary N) is 1. The van der Waals surface area contributed by atoms with Crippen molar-refractivity contribution in [2.75, 3.05) is 14.1 Å². The molecule has 0 radical (unpaired) electrons. The van der Waals surface area contributed by atoms with Gasteiger partial charge in [0.2, 0.25) is 5.91 Å². The highest BCUT2D eigenvalue weighted by atomic mass is 79.9. The van der Waals surface area contributed by atoms with Gasteiger partial charge in [-0.25, -0.2) is 0 Å². The Labute approximate surface area is 120 Å². The summed E-state index contributed by atoms with van der Waals surface area (Å²) in [5, 5.41) is 13.8. The zero-order valence-electron chi connectivity index (χ0n) is 11.0. The van der Waals surface area contributed by atoms with Crippen LogP contribution in [0.1, 0.15) is 12.5 Å². The topological polar surface area (TPSA) is 75.5 Å². The molecule has 0 aromatic heterocycles. The second-order valence-corrected chi connectivity index (χ2v) is 5.33. The Balaban J connectivity index is 2.73. The maximum atomic E-state index is 11.7. The second kappa shape index (κ2) is 6.63. The second-order valence-electron chi connectivity index (χ2n) is 4.41. The zero-order valence-corrected chi connectivity index (χ0v) is 12.6. The molecule has 1 aromatic carbocycles. The fraction of sp³-hybridized carbons (Fsp3) is 0.417. The molecule has 1 N–H and O–H groups in total. The highest BCUT2D eigenvalue weighted by Crippen LogP contribution is 2.21. The number of hydrogen-bond acceptors (Lipinski definition) is 4. The summed E-state index contributed by atoms with van der Waals surface area (Å²) < 4.78 is 0.644. The van der Waals surface area contributed by atoms with Crippen molar-refractivity contribution in [1.82, 2.24) is 10.2 Å². The maximum absolute atomic E-state index is 11.7. The molecule has 0 saturated heterocycles. The van der Waals surface area contributed by atoms with Crippen LogP contribution in [0.25, 0.3) is 0 Å². The van der Waals surface area contributed by atoms with Gasteiger partial charge < -0.3 is 10.2 Å². The third-order valence-electron chi connectivity index (χ3n) is 2.58. The number of amides is 1. The Bertz CT molecular complexity index is 491. The molecule has 0 saturated carbocycles. The average Bonchev–Trinajstić information content (AvgIpc) is 2.34. The van der Waals surface area contributed by atoms with Crippen LogP contribution in [0.5, 0.6) is 0 Å². The largest absolute Gasteiger partial charge is 0.347 e. The Morgan fingerprint density at radius 2 is 2.11 bits per heavy atom. The molecular weight excluding hydrogens is 314 g/mol. The summed E-state index contributed by atoms with van der Waals surface area (Å²) in [6.07, 6.45) is 0. The van der Waals surface area contributed by atoms with E-state index in [1.807, 2.05) is 0 Å². The summed E-state index contributed by atoms with van der Waals surface area (Å²) in [6, 6.07) is 4.38. The lowest BCUT2D eigenvalue weighted by atomic mass is 10.2. The van der Waals surface area contributed by atoms with Crippen molar-refractivity contribution in [1.29, 1.82) is 0 Å². The first-order valence-electron chi connectivity index (χ1n) is 5.69. The molecule has 0 heterocycles. The number of nitrogens with zero attached hydrogens (tertiary/aromatic N) is 2. The van der Waals surface area contributed by atoms with E-state index in [2.05, 4.69) is 21.2 Å². The van der Waals surface area contributed by atoms with Gasteiger partial charge in [0.25, 0.3) is 5.69 Å². The summed E-state index contributed by atoms with van der Waals surface area (Å²) in [6.45, 7) is 2.15. The minimum Gasteiger partial charge on any atom is -0.347 e. The number of carbonyl (C=O) groups is 1. The number of halogens is 1. The van der Waals surface area contributed by atoms with E-state index in [1.54, 1.807) is 27.1 Å². The lowest BCUT2D eigenvalue weighted by molar-refractivity contribution is -0.385. The van der Waals surface area contributed by atoms with Gasteiger partial charge in [0.1, 0.15) is 0 Å². The first-order chi connectivity index (χ1) is 8.81. The molecule has 0 bridgehead atoms. The Morgan fingerprint density at radius 3 is 2.63 bits per heavy atom. The van der Waals surface area contributed by atoms with E-state index in [1.165, 1.54) is 17.0 Å². The van der Waals surface area contributed by atoms with Crippen LogP contribution in [-0.2, 0) is 11.3 Å². The van der Waals surface area contributed by atoms with E-state index in [-0.39, 0.29) is 17.6 Å². The van der Waals surface area contributed by atoms with Crippen LogP contribution >= 0.6 is 15.9 Å². The average molecular weight is 330 g/mol. The minimum atomic E-state index is -0.442. The summed E-state index contributed by atoms with van der Waals surface area (Å²) in [7, 11) is 3.37. The number of likely N-dealkylation sites (N-methyl/N-ethyl adjacent to an activating group) is 1. The first-order valence-corrected chi connectivity index (χ1v) is 6.49. The summed E-state index contributed by atoms with van der Waals surface area (Å²) >= 11 is 3.23. The Morgan fingerprint density at radius 1 is 1.47 bits per heavy atom. The SMILES string of the molecule is CC(NCc1cc(Br)cc([N+](=O)[O-])c1)C(=O)N(C)C. The van der Waals surface area contributed by atoms with Gasteiger partial charge >= 0.3 is 0 Å². The fourth-order valence-electron chi connectivity index (χ4n) is 1.59. The number of nitro benzene ring substituents is 1. The van der Waals surface area contributed by atoms with Gasteiger partial charge in [0.15, 0.2) is 0 Å². The number of nitro groups is 1. The predicted octanol–water partition coefficient (Wildman–Crippen LogP) is 1.92. The third-order valence-corrected chi connectivity index (χ3v) is 3.03. The molecular formula is C12H16BrN3O3. The van der Waals surface area contributed by atoms with Crippen molar-refractivity contribution < 1.29 is 9.72 Å². The van der Waals surface area contributed by atoms with E-state index in [4.69, 9.17) is 0 Å². The van der Waals surface area contributed by atoms with Gasteiger partial charge in [-0.15, -0.1) is 0 Å². The smallest absolute Gasteiger partial charge is 0.270 e. The molecule has 1 unspecified atom stereocenters. The molecule has 0 aliphatic rings. The maximum Gasteiger partial charge on any atom is 0.270 e. The van der Waals surface area contributed by atoms with Crippen molar-refractivity contribution in [3.8, 4) is 0 Å². The Kier molecular flexibility index (Phi) is 5.44. The van der Waals surface area contributed by atoms with E-state index < -0.39 is 4.92 Å². The lowest BCUT2D eigenvalue weighted by Crippen LogP contribution is -2.41. The normalized spacial score (nSPS) is 12.0. The van der Waals surface area contributed by atoms with Crippen molar-refractivity contribution in [3.63, 3.8) is 0 Å². The van der Waals surface area contributed by atoms with Gasteiger partial charge in [0.05, 0.1) is 11.0 Å². The van der Waals surface area contributed by atoms with Gasteiger partial charge in [-0.05, 0) is 18.6 Å². The van der Waals surface area contributed by atoms with Crippen molar-refractivity contribution in [3.05, 3.63) is 38.3 Å². The van der Waals surface area contributed by atoms with Crippen LogP contribution in [-0.4, -0.2) is 35.9 Å². The quantitative estimate of drug-likeness (QED) is 0.661. The minimum absolute atomic E-state index is 0.0257. The molecule has 1 rings (SSSR count). The lowest BCUT2D eigenvalue weighted by Gasteiger charge is -2.18. The molecule has 7 heteroatoms. The number of non-ortho nitro benzene ring substituents is 1. The van der Waals surface area contributed by atoms with Gasteiger partial charge in [0, 0.05) is 37.2 Å². The number of benzene rings is 1. The van der Waals surface area contributed by atoms with E-state index >= 15 is 0 Å². The molecule has 19 heavy (non-hydrogen) atoms. The van der Waals surface area contributed by atoms with Crippen LogP contribution in [0, 0.1) is 10.1 Å². The number of hydrogen-bond donors (Lipinski definition) is 1. The first kappa shape index (κ1) is 15.6. The van der Waals surface area contributed by atoms with Gasteiger partial charge in [-0.2, -0.15) is 0 Å². The number of rotatable bonds is 5. The van der Waals surface area contributed by atoms with Crippen molar-refractivity contribution >= 4 is 27.5 Å². The summed E-state index contributed by atoms with van der Waals surface area (Å²) in [4.78, 5) is 23.5. The van der Waals surface area contributed by atoms with Crippen LogP contribution in [0.4, 0.5) is 5.69 Å². The molecule has 1 atom stereocenters. The molecule has 0 aliphatic carbocycles. The third kappa shape index (κ3) is 4.60. The monoisotopic (exact) mass is 329 g/mol. The fourth-order valence-corrected chi connectivity index (χ4v) is 2.11. The van der Waals surface area contributed by atoms with E-state index in [0.29, 0.717) is 11.0 Å². The predicted molar refractivity (Wildman–Crippen MR) is 75.8 cm³/mol. The van der Waals surface area contributed by atoms with Crippen molar-refractivity contribution in [2.45, 2.75) is 19.5 Å². The summed E-state index contributed by atoms with van der Waals surface area (Å²) in [5.74, 6) is -0.0375. The van der Waals surface area contributed by atoms with Gasteiger partial charge in [-0.1, -0.05) is 15.9 Å². The van der Waals surface area contributed by atoms with E-state index in [0.717, 1.165) is 5.56 Å². The zero-order chi connectivity index (χ0) is 14.6. The standard InChI is InChI=1S/C12H16BrN3O3/c1-8(12(17)15(2)3)14-7-9-4-10(13)6-11(5-9)16(18)19/h4-6,8,14H,7H2,1-3H3.